The van der Waals surface area contributed by atoms with Crippen LogP contribution in [0, 0.1) is 0 Å². The smallest absolute Gasteiger partial charge is 0.261 e. The molecule has 0 spiro atoms. The molecule has 16 heavy (non-hydrogen) atoms. The molecular weight excluding hydrogens is 339 g/mol. The first-order valence-electron chi connectivity index (χ1n) is 4.22. The van der Waals surface area contributed by atoms with E-state index in [-0.39, 0.29) is 0 Å². The lowest BCUT2D eigenvalue weighted by Gasteiger charge is -2.15. The van der Waals surface area contributed by atoms with Crippen molar-refractivity contribution in [1.29, 1.82) is 0 Å². The van der Waals surface area contributed by atoms with Crippen LogP contribution in [0.4, 0.5) is 0 Å². The lowest BCUT2D eigenvalue weighted by atomic mass is 10.1. The SMILES string of the molecule is CS(=O)(=O)OC(CBr)c1ccc(Cl)cc1Cl. The number of benzene rings is 1. The van der Waals surface area contributed by atoms with Crippen LogP contribution in [-0.2, 0) is 14.3 Å². The summed E-state index contributed by atoms with van der Waals surface area (Å²) in [4.78, 5) is 0. The van der Waals surface area contributed by atoms with Crippen LogP contribution in [0.3, 0.4) is 0 Å². The Balaban J connectivity index is 3.04. The molecule has 0 aromatic heterocycles. The predicted octanol–water partition coefficient (Wildman–Crippen LogP) is 3.41. The summed E-state index contributed by atoms with van der Waals surface area (Å²) in [6.07, 6.45) is 0.340. The minimum absolute atomic E-state index is 0.321. The van der Waals surface area contributed by atoms with Crippen LogP contribution in [-0.4, -0.2) is 20.0 Å². The van der Waals surface area contributed by atoms with Gasteiger partial charge in [0, 0.05) is 20.9 Å². The molecule has 90 valence electrons. The summed E-state index contributed by atoms with van der Waals surface area (Å²) in [5.41, 5.74) is 0.577. The minimum Gasteiger partial charge on any atom is -0.261 e. The van der Waals surface area contributed by atoms with Crippen molar-refractivity contribution in [1.82, 2.24) is 0 Å². The zero-order valence-electron chi connectivity index (χ0n) is 8.28. The van der Waals surface area contributed by atoms with Crippen LogP contribution in [0.5, 0.6) is 0 Å². The molecule has 3 nitrogen and oxygen atoms in total. The molecule has 0 aliphatic carbocycles. The standard InChI is InChI=1S/C9H9BrCl2O3S/c1-16(13,14)15-9(5-10)7-3-2-6(11)4-8(7)12/h2-4,9H,5H2,1H3. The molecule has 1 rings (SSSR count). The highest BCUT2D eigenvalue weighted by atomic mass is 79.9. The van der Waals surface area contributed by atoms with E-state index in [2.05, 4.69) is 15.9 Å². The summed E-state index contributed by atoms with van der Waals surface area (Å²) in [5, 5.41) is 1.18. The van der Waals surface area contributed by atoms with Crippen molar-refractivity contribution < 1.29 is 12.6 Å². The number of hydrogen-bond donors (Lipinski definition) is 0. The van der Waals surface area contributed by atoms with Gasteiger partial charge in [-0.1, -0.05) is 45.2 Å². The van der Waals surface area contributed by atoms with Gasteiger partial charge in [-0.15, -0.1) is 0 Å². The van der Waals surface area contributed by atoms with Crippen LogP contribution in [0.2, 0.25) is 10.0 Å². The fourth-order valence-corrected chi connectivity index (χ4v) is 2.91. The van der Waals surface area contributed by atoms with Crippen molar-refractivity contribution >= 4 is 49.2 Å². The van der Waals surface area contributed by atoms with Crippen LogP contribution >= 0.6 is 39.1 Å². The maximum atomic E-state index is 11.0. The largest absolute Gasteiger partial charge is 0.265 e. The molecule has 7 heteroatoms. The van der Waals surface area contributed by atoms with Gasteiger partial charge < -0.3 is 0 Å². The monoisotopic (exact) mass is 346 g/mol. The Bertz CT molecular complexity index is 476. The molecule has 0 saturated heterocycles. The van der Waals surface area contributed by atoms with Crippen LogP contribution in [0.25, 0.3) is 0 Å². The highest BCUT2D eigenvalue weighted by Gasteiger charge is 2.19. The van der Waals surface area contributed by atoms with E-state index >= 15 is 0 Å². The van der Waals surface area contributed by atoms with E-state index in [9.17, 15) is 8.42 Å². The van der Waals surface area contributed by atoms with Crippen molar-refractivity contribution in [2.45, 2.75) is 6.10 Å². The van der Waals surface area contributed by atoms with Gasteiger partial charge in [0.05, 0.1) is 6.26 Å². The predicted molar refractivity (Wildman–Crippen MR) is 68.9 cm³/mol. The van der Waals surface area contributed by atoms with E-state index in [1.807, 2.05) is 0 Å². The van der Waals surface area contributed by atoms with Gasteiger partial charge in [-0.05, 0) is 12.1 Å². The van der Waals surface area contributed by atoms with Gasteiger partial charge in [-0.3, -0.25) is 4.18 Å². The van der Waals surface area contributed by atoms with Crippen molar-refractivity contribution in [3.63, 3.8) is 0 Å². The maximum absolute atomic E-state index is 11.0. The maximum Gasteiger partial charge on any atom is 0.265 e. The molecule has 0 bridgehead atoms. The summed E-state index contributed by atoms with van der Waals surface area (Å²) < 4.78 is 27.0. The zero-order chi connectivity index (χ0) is 12.3. The third-order valence-electron chi connectivity index (χ3n) is 1.74. The Morgan fingerprint density at radius 2 is 2.06 bits per heavy atom. The van der Waals surface area contributed by atoms with Gasteiger partial charge in [0.1, 0.15) is 6.10 Å². The molecular formula is C9H9BrCl2O3S. The second-order valence-electron chi connectivity index (χ2n) is 3.11. The second kappa shape index (κ2) is 5.69. The fourth-order valence-electron chi connectivity index (χ4n) is 1.13. The van der Waals surface area contributed by atoms with Crippen LogP contribution in [0.15, 0.2) is 18.2 Å². The normalized spacial score (nSPS) is 13.8. The first kappa shape index (κ1) is 14.3. The first-order chi connectivity index (χ1) is 7.33. The molecule has 0 fully saturated rings. The highest BCUT2D eigenvalue weighted by Crippen LogP contribution is 2.30. The lowest BCUT2D eigenvalue weighted by molar-refractivity contribution is 0.242. The van der Waals surface area contributed by atoms with E-state index in [1.54, 1.807) is 18.2 Å². The highest BCUT2D eigenvalue weighted by molar-refractivity contribution is 9.09. The number of halogens is 3. The van der Waals surface area contributed by atoms with E-state index < -0.39 is 16.2 Å². The average Bonchev–Trinajstić information content (AvgIpc) is 2.13. The Morgan fingerprint density at radius 3 is 2.50 bits per heavy atom. The zero-order valence-corrected chi connectivity index (χ0v) is 12.2. The molecule has 0 heterocycles. The van der Waals surface area contributed by atoms with Crippen LogP contribution in [0.1, 0.15) is 11.7 Å². The van der Waals surface area contributed by atoms with E-state index in [1.165, 1.54) is 0 Å². The number of alkyl halides is 1. The van der Waals surface area contributed by atoms with E-state index in [0.29, 0.717) is 20.9 Å². The van der Waals surface area contributed by atoms with Crippen molar-refractivity contribution in [3.05, 3.63) is 33.8 Å². The minimum atomic E-state index is -3.53. The molecule has 0 saturated carbocycles. The molecule has 0 aliphatic rings. The molecule has 0 amide bonds. The number of rotatable bonds is 4. The van der Waals surface area contributed by atoms with E-state index in [0.717, 1.165) is 6.26 Å². The summed E-state index contributed by atoms with van der Waals surface area (Å²) >= 11 is 14.9. The fraction of sp³-hybridized carbons (Fsp3) is 0.333. The Labute approximate surface area is 113 Å². The van der Waals surface area contributed by atoms with Gasteiger partial charge in [-0.25, -0.2) is 0 Å². The van der Waals surface area contributed by atoms with Crippen molar-refractivity contribution in [2.24, 2.45) is 0 Å². The summed E-state index contributed by atoms with van der Waals surface area (Å²) in [6, 6.07) is 4.81. The molecule has 0 N–H and O–H groups in total. The van der Waals surface area contributed by atoms with E-state index in [4.69, 9.17) is 27.4 Å². The Morgan fingerprint density at radius 1 is 1.44 bits per heavy atom. The number of hydrogen-bond acceptors (Lipinski definition) is 3. The van der Waals surface area contributed by atoms with Crippen molar-refractivity contribution in [2.75, 3.05) is 11.6 Å². The lowest BCUT2D eigenvalue weighted by Crippen LogP contribution is -2.12. The van der Waals surface area contributed by atoms with Crippen LogP contribution < -0.4 is 0 Å². The van der Waals surface area contributed by atoms with Gasteiger partial charge in [0.2, 0.25) is 0 Å². The van der Waals surface area contributed by atoms with Gasteiger partial charge in [0.25, 0.3) is 10.1 Å². The quantitative estimate of drug-likeness (QED) is 0.619. The molecule has 1 aromatic carbocycles. The molecule has 1 unspecified atom stereocenters. The molecule has 1 atom stereocenters. The van der Waals surface area contributed by atoms with Gasteiger partial charge in [0.15, 0.2) is 0 Å². The summed E-state index contributed by atoms with van der Waals surface area (Å²) in [7, 11) is -3.53. The Kier molecular flexibility index (Phi) is 5.07. The third kappa shape index (κ3) is 4.22. The molecule has 0 radical (unpaired) electrons. The summed E-state index contributed by atoms with van der Waals surface area (Å²) in [6.45, 7) is 0. The van der Waals surface area contributed by atoms with Gasteiger partial charge in [-0.2, -0.15) is 8.42 Å². The average molecular weight is 348 g/mol. The molecule has 0 aliphatic heterocycles. The molecule has 1 aromatic rings. The summed E-state index contributed by atoms with van der Waals surface area (Å²) in [5.74, 6) is 0. The third-order valence-corrected chi connectivity index (χ3v) is 3.47. The topological polar surface area (TPSA) is 43.4 Å². The first-order valence-corrected chi connectivity index (χ1v) is 7.92. The second-order valence-corrected chi connectivity index (χ2v) is 6.20. The van der Waals surface area contributed by atoms with Gasteiger partial charge >= 0.3 is 0 Å². The Hall–Kier alpha value is 0.190. The van der Waals surface area contributed by atoms with Crippen molar-refractivity contribution in [3.8, 4) is 0 Å².